The van der Waals surface area contributed by atoms with E-state index in [-0.39, 0.29) is 0 Å². The van der Waals surface area contributed by atoms with Crippen LogP contribution in [-0.2, 0) is 4.79 Å². The third kappa shape index (κ3) is 7.30. The molecule has 0 spiro atoms. The number of carboxylic acids is 1. The summed E-state index contributed by atoms with van der Waals surface area (Å²) in [6.07, 6.45) is 20.0. The fourth-order valence-corrected chi connectivity index (χ4v) is 4.35. The Kier molecular flexibility index (Phi) is 10.1. The molecule has 1 fully saturated rings. The van der Waals surface area contributed by atoms with E-state index in [1.807, 2.05) is 31.2 Å². The Morgan fingerprint density at radius 3 is 2.29 bits per heavy atom. The maximum atomic E-state index is 11.6. The number of carboxylic acid groups (broad SMARTS) is 1. The van der Waals surface area contributed by atoms with Crippen LogP contribution < -0.4 is 0 Å². The molecule has 1 saturated carbocycles. The highest BCUT2D eigenvalue weighted by molar-refractivity contribution is 6.15. The van der Waals surface area contributed by atoms with E-state index in [0.29, 0.717) is 11.5 Å². The van der Waals surface area contributed by atoms with E-state index in [4.69, 9.17) is 0 Å². The van der Waals surface area contributed by atoms with E-state index in [9.17, 15) is 9.90 Å². The molecule has 0 unspecified atom stereocenters. The summed E-state index contributed by atoms with van der Waals surface area (Å²) in [6.45, 7) is 4.32. The predicted octanol–water partition coefficient (Wildman–Crippen LogP) is 7.76. The number of hydrogen-bond donors (Lipinski definition) is 1. The molecular weight excluding hydrogens is 344 g/mol. The fraction of sp³-hybridized carbons (Fsp3) is 0.577. The number of rotatable bonds is 11. The summed E-state index contributed by atoms with van der Waals surface area (Å²) >= 11 is 0. The molecule has 28 heavy (non-hydrogen) atoms. The Morgan fingerprint density at radius 2 is 1.68 bits per heavy atom. The van der Waals surface area contributed by atoms with Crippen molar-refractivity contribution in [2.45, 2.75) is 90.4 Å². The molecule has 154 valence electrons. The number of aliphatic carboxylic acids is 1. The Labute approximate surface area is 171 Å². The van der Waals surface area contributed by atoms with E-state index >= 15 is 0 Å². The summed E-state index contributed by atoms with van der Waals surface area (Å²) in [7, 11) is 0. The van der Waals surface area contributed by atoms with Gasteiger partial charge in [-0.1, -0.05) is 88.8 Å². The van der Waals surface area contributed by atoms with Crippen LogP contribution in [0.5, 0.6) is 0 Å². The molecular formula is C26H38O2. The minimum absolute atomic E-state index is 0.364. The molecule has 1 aromatic carbocycles. The second kappa shape index (κ2) is 12.6. The molecule has 0 radical (unpaired) electrons. The molecule has 0 amide bonds. The molecule has 0 aromatic heterocycles. The molecule has 2 nitrogen and oxygen atoms in total. The lowest BCUT2D eigenvalue weighted by Gasteiger charge is -2.29. The minimum atomic E-state index is -0.868. The lowest BCUT2D eigenvalue weighted by atomic mass is 9.77. The first-order valence-electron chi connectivity index (χ1n) is 11.4. The van der Waals surface area contributed by atoms with Crippen LogP contribution in [0.2, 0.25) is 0 Å². The van der Waals surface area contributed by atoms with Crippen LogP contribution in [0.1, 0.15) is 102 Å². The molecule has 0 atom stereocenters. The van der Waals surface area contributed by atoms with Crippen LogP contribution in [0.25, 0.3) is 5.57 Å². The molecule has 1 N–H and O–H groups in total. The Balaban J connectivity index is 1.86. The average Bonchev–Trinajstić information content (AvgIpc) is 2.72. The van der Waals surface area contributed by atoms with Crippen molar-refractivity contribution in [1.29, 1.82) is 0 Å². The van der Waals surface area contributed by atoms with Crippen molar-refractivity contribution in [3.63, 3.8) is 0 Å². The molecule has 1 aliphatic rings. The van der Waals surface area contributed by atoms with Crippen molar-refractivity contribution in [3.05, 3.63) is 53.6 Å². The largest absolute Gasteiger partial charge is 0.478 e. The molecule has 1 aromatic rings. The maximum absolute atomic E-state index is 11.6. The SMILES string of the molecule is CCC=CC=C(C(=O)O)c1ccc(C2CCC(CCCCCCC)CC2)cc1. The third-order valence-corrected chi connectivity index (χ3v) is 6.12. The van der Waals surface area contributed by atoms with Crippen molar-refractivity contribution in [3.8, 4) is 0 Å². The first kappa shape index (κ1) is 22.5. The standard InChI is InChI=1S/C26H38O2/c1-3-5-7-8-10-11-21-13-15-22(16-14-21)23-17-19-24(20-18-23)25(26(27)28)12-9-6-4-2/h6,9,12,17-22H,3-5,7-8,10-11,13-16H2,1-2H3,(H,27,28). The van der Waals surface area contributed by atoms with Gasteiger partial charge >= 0.3 is 5.97 Å². The zero-order valence-corrected chi connectivity index (χ0v) is 17.8. The first-order chi connectivity index (χ1) is 13.7. The smallest absolute Gasteiger partial charge is 0.336 e. The number of hydrogen-bond acceptors (Lipinski definition) is 1. The number of unbranched alkanes of at least 4 members (excludes halogenated alkanes) is 4. The van der Waals surface area contributed by atoms with Gasteiger partial charge in [0.15, 0.2) is 0 Å². The van der Waals surface area contributed by atoms with Gasteiger partial charge in [-0.3, -0.25) is 0 Å². The van der Waals surface area contributed by atoms with E-state index in [0.717, 1.165) is 17.9 Å². The average molecular weight is 383 g/mol. The van der Waals surface area contributed by atoms with Gasteiger partial charge in [-0.15, -0.1) is 0 Å². The highest BCUT2D eigenvalue weighted by Gasteiger charge is 2.22. The van der Waals surface area contributed by atoms with Crippen LogP contribution in [-0.4, -0.2) is 11.1 Å². The van der Waals surface area contributed by atoms with E-state index in [2.05, 4.69) is 19.1 Å². The van der Waals surface area contributed by atoms with Crippen LogP contribution in [0.15, 0.2) is 42.5 Å². The van der Waals surface area contributed by atoms with Crippen molar-refractivity contribution in [2.24, 2.45) is 5.92 Å². The fourth-order valence-electron chi connectivity index (χ4n) is 4.35. The van der Waals surface area contributed by atoms with Gasteiger partial charge in [0.2, 0.25) is 0 Å². The van der Waals surface area contributed by atoms with Crippen molar-refractivity contribution in [2.75, 3.05) is 0 Å². The van der Waals surface area contributed by atoms with Crippen molar-refractivity contribution in [1.82, 2.24) is 0 Å². The summed E-state index contributed by atoms with van der Waals surface area (Å²) in [5, 5.41) is 9.49. The van der Waals surface area contributed by atoms with Crippen molar-refractivity contribution >= 4 is 11.5 Å². The topological polar surface area (TPSA) is 37.3 Å². The third-order valence-electron chi connectivity index (χ3n) is 6.12. The van der Waals surface area contributed by atoms with E-state index in [1.165, 1.54) is 69.8 Å². The molecule has 0 aliphatic heterocycles. The normalized spacial score (nSPS) is 20.6. The maximum Gasteiger partial charge on any atom is 0.336 e. The van der Waals surface area contributed by atoms with Gasteiger partial charge in [0.25, 0.3) is 0 Å². The summed E-state index contributed by atoms with van der Waals surface area (Å²) < 4.78 is 0. The Bertz CT molecular complexity index is 631. The summed E-state index contributed by atoms with van der Waals surface area (Å²) in [6, 6.07) is 8.25. The first-order valence-corrected chi connectivity index (χ1v) is 11.4. The molecule has 2 rings (SSSR count). The lowest BCUT2D eigenvalue weighted by Crippen LogP contribution is -2.13. The quantitative estimate of drug-likeness (QED) is 0.241. The van der Waals surface area contributed by atoms with Gasteiger partial charge in [-0.25, -0.2) is 4.79 Å². The molecule has 0 saturated heterocycles. The van der Waals surface area contributed by atoms with Gasteiger partial charge in [0.05, 0.1) is 5.57 Å². The van der Waals surface area contributed by atoms with Gasteiger partial charge in [0.1, 0.15) is 0 Å². The monoisotopic (exact) mass is 382 g/mol. The second-order valence-electron chi connectivity index (χ2n) is 8.26. The molecule has 0 heterocycles. The summed E-state index contributed by atoms with van der Waals surface area (Å²) in [5.41, 5.74) is 2.53. The summed E-state index contributed by atoms with van der Waals surface area (Å²) in [4.78, 5) is 11.6. The highest BCUT2D eigenvalue weighted by Crippen LogP contribution is 2.38. The van der Waals surface area contributed by atoms with E-state index < -0.39 is 5.97 Å². The molecule has 0 bridgehead atoms. The highest BCUT2D eigenvalue weighted by atomic mass is 16.4. The van der Waals surface area contributed by atoms with Crippen LogP contribution in [0, 0.1) is 5.92 Å². The lowest BCUT2D eigenvalue weighted by molar-refractivity contribution is -0.130. The summed E-state index contributed by atoms with van der Waals surface area (Å²) in [5.74, 6) is 0.694. The van der Waals surface area contributed by atoms with Crippen molar-refractivity contribution < 1.29 is 9.90 Å². The number of allylic oxidation sites excluding steroid dienone is 3. The number of benzene rings is 1. The Morgan fingerprint density at radius 1 is 1.00 bits per heavy atom. The van der Waals surface area contributed by atoms with Crippen LogP contribution in [0.3, 0.4) is 0 Å². The van der Waals surface area contributed by atoms with Gasteiger partial charge in [0, 0.05) is 0 Å². The zero-order chi connectivity index (χ0) is 20.2. The predicted molar refractivity (Wildman–Crippen MR) is 120 cm³/mol. The van der Waals surface area contributed by atoms with Gasteiger partial charge in [-0.2, -0.15) is 0 Å². The minimum Gasteiger partial charge on any atom is -0.478 e. The van der Waals surface area contributed by atoms with Gasteiger partial charge in [-0.05, 0) is 61.1 Å². The second-order valence-corrected chi connectivity index (χ2v) is 8.26. The Hall–Kier alpha value is -1.83. The van der Waals surface area contributed by atoms with E-state index in [1.54, 1.807) is 6.08 Å². The number of carbonyl (C=O) groups is 1. The van der Waals surface area contributed by atoms with Crippen LogP contribution >= 0.6 is 0 Å². The molecule has 1 aliphatic carbocycles. The molecule has 2 heteroatoms. The van der Waals surface area contributed by atoms with Gasteiger partial charge < -0.3 is 5.11 Å². The zero-order valence-electron chi connectivity index (χ0n) is 17.8. The van der Waals surface area contributed by atoms with Crippen LogP contribution in [0.4, 0.5) is 0 Å².